The van der Waals surface area contributed by atoms with Gasteiger partial charge in [0.25, 0.3) is 5.91 Å². The van der Waals surface area contributed by atoms with Gasteiger partial charge in [-0.05, 0) is 13.3 Å². The van der Waals surface area contributed by atoms with Crippen LogP contribution < -0.4 is 0 Å². The van der Waals surface area contributed by atoms with Gasteiger partial charge in [-0.2, -0.15) is 0 Å². The van der Waals surface area contributed by atoms with Gasteiger partial charge in [-0.15, -0.1) is 0 Å². The molecule has 0 N–H and O–H groups in total. The lowest BCUT2D eigenvalue weighted by Gasteiger charge is -2.32. The number of hydrogen-bond donors (Lipinski definition) is 0. The minimum absolute atomic E-state index is 0.0910. The summed E-state index contributed by atoms with van der Waals surface area (Å²) in [6.45, 7) is 5.58. The first kappa shape index (κ1) is 16.4. The molecule has 2 saturated heterocycles. The van der Waals surface area contributed by atoms with E-state index in [1.54, 1.807) is 0 Å². The summed E-state index contributed by atoms with van der Waals surface area (Å²) >= 11 is 0. The molecule has 3 atom stereocenters. The molecule has 3 rings (SSSR count). The fourth-order valence-electron chi connectivity index (χ4n) is 3.16. The van der Waals surface area contributed by atoms with E-state index in [2.05, 4.69) is 0 Å². The molecule has 2 heterocycles. The van der Waals surface area contributed by atoms with Gasteiger partial charge in [0, 0.05) is 37.6 Å². The van der Waals surface area contributed by atoms with Crippen LogP contribution >= 0.6 is 0 Å². The third kappa shape index (κ3) is 4.10. The quantitative estimate of drug-likeness (QED) is 0.836. The molecule has 0 radical (unpaired) electrons. The van der Waals surface area contributed by atoms with Gasteiger partial charge >= 0.3 is 0 Å². The number of likely N-dealkylation sites (tertiary alicyclic amines) is 1. The van der Waals surface area contributed by atoms with Crippen LogP contribution in [0, 0.1) is 5.92 Å². The summed E-state index contributed by atoms with van der Waals surface area (Å²) in [7, 11) is 0. The van der Waals surface area contributed by atoms with Crippen molar-refractivity contribution in [3.63, 3.8) is 0 Å². The van der Waals surface area contributed by atoms with Gasteiger partial charge in [-0.3, -0.25) is 4.79 Å². The number of ether oxygens (including phenoxy) is 3. The van der Waals surface area contributed by atoms with E-state index in [-0.39, 0.29) is 5.91 Å². The van der Waals surface area contributed by atoms with E-state index in [0.717, 1.165) is 38.3 Å². The van der Waals surface area contributed by atoms with E-state index in [0.29, 0.717) is 18.9 Å². The van der Waals surface area contributed by atoms with Crippen molar-refractivity contribution in [2.45, 2.75) is 32.2 Å². The van der Waals surface area contributed by atoms with Gasteiger partial charge in [0.2, 0.25) is 0 Å². The molecule has 126 valence electrons. The number of benzene rings is 1. The number of hydrogen-bond acceptors (Lipinski definition) is 4. The summed E-state index contributed by atoms with van der Waals surface area (Å²) < 4.78 is 17.1. The van der Waals surface area contributed by atoms with Crippen LogP contribution in [-0.4, -0.2) is 49.8 Å². The number of nitrogens with zero attached hydrogens (tertiary/aromatic N) is 1. The third-order valence-electron chi connectivity index (χ3n) is 4.44. The summed E-state index contributed by atoms with van der Waals surface area (Å²) in [4.78, 5) is 14.6. The van der Waals surface area contributed by atoms with Crippen LogP contribution in [0.1, 0.15) is 31.6 Å². The van der Waals surface area contributed by atoms with Crippen molar-refractivity contribution < 1.29 is 19.0 Å². The molecule has 1 amide bonds. The number of carbonyl (C=O) groups excluding carboxylic acids is 1. The molecule has 0 aliphatic carbocycles. The van der Waals surface area contributed by atoms with Crippen LogP contribution in [0.4, 0.5) is 0 Å². The zero-order chi connectivity index (χ0) is 16.1. The maximum atomic E-state index is 12.7. The van der Waals surface area contributed by atoms with Crippen molar-refractivity contribution in [1.82, 2.24) is 4.90 Å². The van der Waals surface area contributed by atoms with Crippen LogP contribution in [0.15, 0.2) is 30.3 Å². The van der Waals surface area contributed by atoms with E-state index in [1.165, 1.54) is 0 Å². The Morgan fingerprint density at radius 3 is 2.91 bits per heavy atom. The van der Waals surface area contributed by atoms with Gasteiger partial charge in [-0.25, -0.2) is 0 Å². The molecule has 1 aromatic carbocycles. The van der Waals surface area contributed by atoms with Gasteiger partial charge in [0.15, 0.2) is 6.29 Å². The molecule has 0 aromatic heterocycles. The van der Waals surface area contributed by atoms with E-state index < -0.39 is 12.4 Å². The Morgan fingerprint density at radius 1 is 1.30 bits per heavy atom. The Morgan fingerprint density at radius 2 is 2.13 bits per heavy atom. The number of rotatable bonds is 5. The lowest BCUT2D eigenvalue weighted by molar-refractivity contribution is -0.220. The summed E-state index contributed by atoms with van der Waals surface area (Å²) in [5.74, 6) is 0.539. The Kier molecular flexibility index (Phi) is 5.65. The Bertz CT molecular complexity index is 507. The Hall–Kier alpha value is -1.43. The second kappa shape index (κ2) is 7.90. The van der Waals surface area contributed by atoms with E-state index >= 15 is 0 Å². The normalized spacial score (nSPS) is 28.0. The fourth-order valence-corrected chi connectivity index (χ4v) is 3.16. The molecular formula is C18H25NO4. The van der Waals surface area contributed by atoms with Crippen molar-refractivity contribution in [3.05, 3.63) is 35.9 Å². The molecule has 0 bridgehead atoms. The molecule has 2 fully saturated rings. The van der Waals surface area contributed by atoms with Crippen molar-refractivity contribution >= 4 is 5.91 Å². The zero-order valence-electron chi connectivity index (χ0n) is 13.6. The van der Waals surface area contributed by atoms with E-state index in [1.807, 2.05) is 42.2 Å². The monoisotopic (exact) mass is 319 g/mol. The first-order valence-corrected chi connectivity index (χ1v) is 8.46. The first-order valence-electron chi connectivity index (χ1n) is 8.46. The minimum Gasteiger partial charge on any atom is -0.381 e. The van der Waals surface area contributed by atoms with Gasteiger partial charge in [0.05, 0.1) is 13.2 Å². The van der Waals surface area contributed by atoms with Crippen molar-refractivity contribution in [2.24, 2.45) is 5.92 Å². The van der Waals surface area contributed by atoms with Crippen molar-refractivity contribution in [2.75, 3.05) is 32.9 Å². The average molecular weight is 319 g/mol. The summed E-state index contributed by atoms with van der Waals surface area (Å²) in [5.41, 5.74) is 0.959. The molecule has 0 unspecified atom stereocenters. The largest absolute Gasteiger partial charge is 0.381 e. The first-order chi connectivity index (χ1) is 11.3. The highest BCUT2D eigenvalue weighted by Gasteiger charge is 2.35. The SMILES string of the molecule is CCOC[C@@H]1CCN(C(=O)[C@H]2CCO[C@@H](c3ccccc3)O2)C1. The van der Waals surface area contributed by atoms with Gasteiger partial charge < -0.3 is 19.1 Å². The predicted octanol–water partition coefficient (Wildman–Crippen LogP) is 2.38. The second-order valence-electron chi connectivity index (χ2n) is 6.13. The molecular weight excluding hydrogens is 294 g/mol. The summed E-state index contributed by atoms with van der Waals surface area (Å²) in [5, 5.41) is 0. The van der Waals surface area contributed by atoms with Crippen LogP contribution in [0.25, 0.3) is 0 Å². The summed E-state index contributed by atoms with van der Waals surface area (Å²) in [6, 6.07) is 9.78. The smallest absolute Gasteiger partial charge is 0.251 e. The number of amides is 1. The fraction of sp³-hybridized carbons (Fsp3) is 0.611. The highest BCUT2D eigenvalue weighted by Crippen LogP contribution is 2.28. The van der Waals surface area contributed by atoms with Crippen LogP contribution in [0.3, 0.4) is 0 Å². The van der Waals surface area contributed by atoms with Gasteiger partial charge in [-0.1, -0.05) is 30.3 Å². The van der Waals surface area contributed by atoms with Crippen molar-refractivity contribution in [1.29, 1.82) is 0 Å². The Balaban J connectivity index is 1.55. The molecule has 0 spiro atoms. The van der Waals surface area contributed by atoms with Crippen LogP contribution in [0.5, 0.6) is 0 Å². The third-order valence-corrected chi connectivity index (χ3v) is 4.44. The highest BCUT2D eigenvalue weighted by atomic mass is 16.7. The van der Waals surface area contributed by atoms with Crippen LogP contribution in [0.2, 0.25) is 0 Å². The van der Waals surface area contributed by atoms with E-state index in [9.17, 15) is 4.79 Å². The minimum atomic E-state index is -0.444. The lowest BCUT2D eigenvalue weighted by atomic mass is 10.1. The van der Waals surface area contributed by atoms with Crippen LogP contribution in [-0.2, 0) is 19.0 Å². The molecule has 1 aromatic rings. The van der Waals surface area contributed by atoms with E-state index in [4.69, 9.17) is 14.2 Å². The van der Waals surface area contributed by atoms with Gasteiger partial charge in [0.1, 0.15) is 6.10 Å². The summed E-state index contributed by atoms with van der Waals surface area (Å²) in [6.07, 6.45) is 0.784. The standard InChI is InChI=1S/C18H25NO4/c1-2-21-13-14-8-10-19(12-14)17(20)16-9-11-22-18(23-16)15-6-4-3-5-7-15/h3-7,14,16,18H,2,8-13H2,1H3/t14-,16-,18-/m1/s1. The maximum absolute atomic E-state index is 12.7. The molecule has 23 heavy (non-hydrogen) atoms. The average Bonchev–Trinajstić information content (AvgIpc) is 3.09. The predicted molar refractivity (Wildman–Crippen MR) is 85.8 cm³/mol. The molecule has 5 nitrogen and oxygen atoms in total. The topological polar surface area (TPSA) is 48.0 Å². The molecule has 2 aliphatic heterocycles. The molecule has 2 aliphatic rings. The maximum Gasteiger partial charge on any atom is 0.251 e. The second-order valence-corrected chi connectivity index (χ2v) is 6.13. The number of carbonyl (C=O) groups is 1. The lowest BCUT2D eigenvalue weighted by Crippen LogP contribution is -2.42. The Labute approximate surface area is 137 Å². The zero-order valence-corrected chi connectivity index (χ0v) is 13.6. The van der Waals surface area contributed by atoms with Crippen molar-refractivity contribution in [3.8, 4) is 0 Å². The highest BCUT2D eigenvalue weighted by molar-refractivity contribution is 5.81. The molecule has 5 heteroatoms. The molecule has 0 saturated carbocycles.